The van der Waals surface area contributed by atoms with E-state index in [0.29, 0.717) is 13.0 Å². The maximum absolute atomic E-state index is 11.6. The van der Waals surface area contributed by atoms with Gasteiger partial charge in [-0.15, -0.1) is 0 Å². The zero-order chi connectivity index (χ0) is 13.5. The lowest BCUT2D eigenvalue weighted by atomic mass is 10.0. The molecule has 0 aliphatic rings. The van der Waals surface area contributed by atoms with E-state index in [1.54, 1.807) is 6.92 Å². The summed E-state index contributed by atoms with van der Waals surface area (Å²) >= 11 is 0. The van der Waals surface area contributed by atoms with Crippen LogP contribution < -0.4 is 0 Å². The summed E-state index contributed by atoms with van der Waals surface area (Å²) in [5.41, 5.74) is 0.889. The Balaban J connectivity index is 2.92. The Morgan fingerprint density at radius 3 is 2.44 bits per heavy atom. The molecule has 0 saturated carbocycles. The molecule has 1 amide bonds. The maximum atomic E-state index is 11.6. The number of carbonyl (C=O) groups excluding carboxylic acids is 1. The third-order valence-electron chi connectivity index (χ3n) is 2.73. The fourth-order valence-corrected chi connectivity index (χ4v) is 1.82. The van der Waals surface area contributed by atoms with E-state index in [0.717, 1.165) is 11.6 Å². The van der Waals surface area contributed by atoms with Gasteiger partial charge in [0.2, 0.25) is 5.91 Å². The van der Waals surface area contributed by atoms with Crippen molar-refractivity contribution in [2.75, 3.05) is 6.54 Å². The summed E-state index contributed by atoms with van der Waals surface area (Å²) in [5, 5.41) is 9.25. The van der Waals surface area contributed by atoms with Gasteiger partial charge < -0.3 is 10.0 Å². The van der Waals surface area contributed by atoms with Crippen LogP contribution in [0.25, 0.3) is 0 Å². The number of aliphatic carboxylic acids is 1. The third kappa shape index (κ3) is 3.45. The molecule has 0 bridgehead atoms. The van der Waals surface area contributed by atoms with E-state index in [1.165, 1.54) is 4.90 Å². The summed E-state index contributed by atoms with van der Waals surface area (Å²) in [4.78, 5) is 24.2. The topological polar surface area (TPSA) is 57.6 Å². The Labute approximate surface area is 107 Å². The molecule has 0 fully saturated rings. The van der Waals surface area contributed by atoms with Gasteiger partial charge in [-0.3, -0.25) is 4.79 Å². The normalized spacial score (nSPS) is 11.6. The van der Waals surface area contributed by atoms with Crippen LogP contribution in [0.5, 0.6) is 0 Å². The monoisotopic (exact) mass is 247 g/mol. The maximum Gasteiger partial charge on any atom is 0.326 e. The minimum atomic E-state index is -1.00. The first-order valence-electron chi connectivity index (χ1n) is 5.80. The molecule has 1 atom stereocenters. The number of nitrogens with zero attached hydrogens (tertiary/aromatic N) is 1. The first-order chi connectivity index (χ1) is 8.60. The Morgan fingerprint density at radius 1 is 1.39 bits per heavy atom. The Hall–Kier alpha value is -2.10. The highest BCUT2D eigenvalue weighted by Gasteiger charge is 2.27. The van der Waals surface area contributed by atoms with E-state index in [2.05, 4.69) is 6.58 Å². The van der Waals surface area contributed by atoms with Crippen molar-refractivity contribution in [3.8, 4) is 0 Å². The number of carboxylic acids is 1. The minimum absolute atomic E-state index is 0.295. The first kappa shape index (κ1) is 14.0. The molecule has 0 aromatic heterocycles. The van der Waals surface area contributed by atoms with Gasteiger partial charge in [-0.2, -0.15) is 0 Å². The van der Waals surface area contributed by atoms with Crippen molar-refractivity contribution in [3.05, 3.63) is 48.6 Å². The van der Waals surface area contributed by atoms with Crippen molar-refractivity contribution in [1.82, 2.24) is 4.90 Å². The molecule has 18 heavy (non-hydrogen) atoms. The van der Waals surface area contributed by atoms with Gasteiger partial charge in [0.25, 0.3) is 0 Å². The number of likely N-dealkylation sites (N-methyl/N-ethyl adjacent to an activating group) is 1. The molecular weight excluding hydrogens is 230 g/mol. The Bertz CT molecular complexity index is 428. The largest absolute Gasteiger partial charge is 0.480 e. The van der Waals surface area contributed by atoms with E-state index >= 15 is 0 Å². The third-order valence-corrected chi connectivity index (χ3v) is 2.73. The van der Waals surface area contributed by atoms with Gasteiger partial charge >= 0.3 is 5.97 Å². The summed E-state index contributed by atoms with van der Waals surface area (Å²) in [7, 11) is 0. The smallest absolute Gasteiger partial charge is 0.326 e. The SMILES string of the molecule is C=CC(=O)N(CC)[C@@H](Cc1ccccc1)C(=O)O. The molecule has 4 heteroatoms. The zero-order valence-electron chi connectivity index (χ0n) is 10.4. The molecule has 0 radical (unpaired) electrons. The van der Waals surface area contributed by atoms with Crippen molar-refractivity contribution in [1.29, 1.82) is 0 Å². The average Bonchev–Trinajstić information content (AvgIpc) is 2.39. The minimum Gasteiger partial charge on any atom is -0.480 e. The van der Waals surface area contributed by atoms with Crippen LogP contribution in [0, 0.1) is 0 Å². The number of carboxylic acid groups (broad SMARTS) is 1. The molecule has 1 N–H and O–H groups in total. The van der Waals surface area contributed by atoms with Crippen LogP contribution in [-0.2, 0) is 16.0 Å². The number of amides is 1. The fourth-order valence-electron chi connectivity index (χ4n) is 1.82. The molecule has 1 rings (SSSR count). The van der Waals surface area contributed by atoms with E-state index < -0.39 is 12.0 Å². The van der Waals surface area contributed by atoms with Gasteiger partial charge in [0.1, 0.15) is 6.04 Å². The van der Waals surface area contributed by atoms with E-state index in [9.17, 15) is 14.7 Å². The summed E-state index contributed by atoms with van der Waals surface area (Å²) in [5.74, 6) is -1.36. The van der Waals surface area contributed by atoms with Gasteiger partial charge in [-0.1, -0.05) is 36.9 Å². The van der Waals surface area contributed by atoms with Crippen LogP contribution in [0.15, 0.2) is 43.0 Å². The van der Waals surface area contributed by atoms with E-state index in [-0.39, 0.29) is 5.91 Å². The van der Waals surface area contributed by atoms with Crippen molar-refractivity contribution in [2.24, 2.45) is 0 Å². The summed E-state index contributed by atoms with van der Waals surface area (Å²) in [6.07, 6.45) is 1.44. The molecule has 0 aliphatic heterocycles. The molecule has 0 aliphatic carbocycles. The van der Waals surface area contributed by atoms with E-state index in [4.69, 9.17) is 0 Å². The summed E-state index contributed by atoms with van der Waals surface area (Å²) in [6, 6.07) is 8.40. The number of hydrogen-bond acceptors (Lipinski definition) is 2. The van der Waals surface area contributed by atoms with Gasteiger partial charge in [0, 0.05) is 13.0 Å². The second-order valence-corrected chi connectivity index (χ2v) is 3.87. The van der Waals surface area contributed by atoms with E-state index in [1.807, 2.05) is 30.3 Å². The molecule has 0 unspecified atom stereocenters. The summed E-state index contributed by atoms with van der Waals surface area (Å²) in [6.45, 7) is 5.49. The van der Waals surface area contributed by atoms with Crippen molar-refractivity contribution in [2.45, 2.75) is 19.4 Å². The highest BCUT2D eigenvalue weighted by atomic mass is 16.4. The second-order valence-electron chi connectivity index (χ2n) is 3.87. The molecule has 0 spiro atoms. The lowest BCUT2D eigenvalue weighted by Crippen LogP contribution is -2.45. The predicted octanol–water partition coefficient (Wildman–Crippen LogP) is 1.72. The molecular formula is C14H17NO3. The second kappa shape index (κ2) is 6.59. The highest BCUT2D eigenvalue weighted by Crippen LogP contribution is 2.10. The van der Waals surface area contributed by atoms with Crippen molar-refractivity contribution in [3.63, 3.8) is 0 Å². The van der Waals surface area contributed by atoms with Gasteiger partial charge in [-0.25, -0.2) is 4.79 Å². The molecule has 96 valence electrons. The quantitative estimate of drug-likeness (QED) is 0.779. The highest BCUT2D eigenvalue weighted by molar-refractivity contribution is 5.90. The van der Waals surface area contributed by atoms with Crippen LogP contribution in [0.3, 0.4) is 0 Å². The molecule has 1 aromatic rings. The van der Waals surface area contributed by atoms with Crippen LogP contribution in [0.4, 0.5) is 0 Å². The molecule has 1 aromatic carbocycles. The zero-order valence-corrected chi connectivity index (χ0v) is 10.4. The summed E-state index contributed by atoms with van der Waals surface area (Å²) < 4.78 is 0. The van der Waals surface area contributed by atoms with Crippen molar-refractivity contribution < 1.29 is 14.7 Å². The first-order valence-corrected chi connectivity index (χ1v) is 5.80. The number of benzene rings is 1. The lowest BCUT2D eigenvalue weighted by Gasteiger charge is -2.26. The fraction of sp³-hybridized carbons (Fsp3) is 0.286. The standard InChI is InChI=1S/C14H17NO3/c1-3-13(16)15(4-2)12(14(17)18)10-11-8-6-5-7-9-11/h3,5-9,12H,1,4,10H2,2H3,(H,17,18)/t12-/m0/s1. The lowest BCUT2D eigenvalue weighted by molar-refractivity contribution is -0.148. The molecule has 4 nitrogen and oxygen atoms in total. The number of hydrogen-bond donors (Lipinski definition) is 1. The van der Waals surface area contributed by atoms with Gasteiger partial charge in [0.15, 0.2) is 0 Å². The number of rotatable bonds is 6. The average molecular weight is 247 g/mol. The van der Waals surface area contributed by atoms with Crippen LogP contribution >= 0.6 is 0 Å². The number of carbonyl (C=O) groups is 2. The van der Waals surface area contributed by atoms with Gasteiger partial charge in [-0.05, 0) is 18.6 Å². The Morgan fingerprint density at radius 2 is 2.00 bits per heavy atom. The van der Waals surface area contributed by atoms with Crippen LogP contribution in [-0.4, -0.2) is 34.5 Å². The van der Waals surface area contributed by atoms with Crippen LogP contribution in [0.1, 0.15) is 12.5 Å². The molecule has 0 saturated heterocycles. The molecule has 0 heterocycles. The van der Waals surface area contributed by atoms with Gasteiger partial charge in [0.05, 0.1) is 0 Å². The van der Waals surface area contributed by atoms with Crippen LogP contribution in [0.2, 0.25) is 0 Å². The predicted molar refractivity (Wildman–Crippen MR) is 69.2 cm³/mol. The Kier molecular flexibility index (Phi) is 5.11. The van der Waals surface area contributed by atoms with Crippen molar-refractivity contribution >= 4 is 11.9 Å².